The highest BCUT2D eigenvalue weighted by Gasteiger charge is 2.25. The fourth-order valence-electron chi connectivity index (χ4n) is 1.43. The Bertz CT molecular complexity index is 485. The van der Waals surface area contributed by atoms with E-state index in [2.05, 4.69) is 4.72 Å². The highest BCUT2D eigenvalue weighted by atomic mass is 35.5. The minimum Gasteiger partial charge on any atom is -0.481 e. The average Bonchev–Trinajstić information content (AvgIpc) is 2.26. The van der Waals surface area contributed by atoms with Crippen LogP contribution in [0, 0.1) is 0 Å². The summed E-state index contributed by atoms with van der Waals surface area (Å²) in [6.45, 7) is 5.48. The molecular weight excluding hydrogens is 286 g/mol. The van der Waals surface area contributed by atoms with Crippen molar-refractivity contribution in [3.8, 4) is 0 Å². The Morgan fingerprint density at radius 3 is 2.58 bits per heavy atom. The lowest BCUT2D eigenvalue weighted by molar-refractivity contribution is -0.137. The van der Waals surface area contributed by atoms with Gasteiger partial charge in [0.25, 0.3) is 0 Å². The summed E-state index contributed by atoms with van der Waals surface area (Å²) in [7, 11) is -1.35. The van der Waals surface area contributed by atoms with Gasteiger partial charge in [0.1, 0.15) is 0 Å². The van der Waals surface area contributed by atoms with Crippen molar-refractivity contribution in [2.45, 2.75) is 38.0 Å². The SMILES string of the molecule is CC(C)(C)S(=O)N[C@H](CC(=O)O)c1cccc(Cl)c1. The Hall–Kier alpha value is -0.910. The van der Waals surface area contributed by atoms with E-state index in [-0.39, 0.29) is 6.42 Å². The number of rotatable bonds is 5. The van der Waals surface area contributed by atoms with Crippen LogP contribution in [0.1, 0.15) is 38.8 Å². The van der Waals surface area contributed by atoms with Gasteiger partial charge in [-0.15, -0.1) is 0 Å². The van der Waals surface area contributed by atoms with Crippen molar-refractivity contribution in [3.05, 3.63) is 34.9 Å². The molecule has 1 aromatic rings. The van der Waals surface area contributed by atoms with Crippen molar-refractivity contribution in [2.75, 3.05) is 0 Å². The van der Waals surface area contributed by atoms with Crippen LogP contribution in [0.5, 0.6) is 0 Å². The van der Waals surface area contributed by atoms with Crippen LogP contribution in [0.15, 0.2) is 24.3 Å². The van der Waals surface area contributed by atoms with E-state index in [0.717, 1.165) is 0 Å². The Labute approximate surface area is 120 Å². The average molecular weight is 304 g/mol. The lowest BCUT2D eigenvalue weighted by atomic mass is 10.1. The summed E-state index contributed by atoms with van der Waals surface area (Å²) in [5.74, 6) is -0.955. The van der Waals surface area contributed by atoms with Crippen molar-refractivity contribution >= 4 is 28.6 Å². The Morgan fingerprint density at radius 2 is 2.11 bits per heavy atom. The van der Waals surface area contributed by atoms with Crippen LogP contribution in [0.2, 0.25) is 5.02 Å². The predicted octanol–water partition coefficient (Wildman–Crippen LogP) is 2.91. The number of carboxylic acid groups (broad SMARTS) is 1. The molecule has 1 unspecified atom stereocenters. The molecule has 19 heavy (non-hydrogen) atoms. The van der Waals surface area contributed by atoms with E-state index in [1.54, 1.807) is 24.3 Å². The standard InChI is InChI=1S/C13H18ClNO3S/c1-13(2,3)19(18)15-11(8-12(16)17)9-5-4-6-10(14)7-9/h4-7,11,15H,8H2,1-3H3,(H,16,17)/t11-,19?/m1/s1. The first-order chi connectivity index (χ1) is 8.70. The van der Waals surface area contributed by atoms with Gasteiger partial charge in [-0.05, 0) is 38.5 Å². The minimum atomic E-state index is -1.35. The molecular formula is C13H18ClNO3S. The molecule has 106 valence electrons. The van der Waals surface area contributed by atoms with Gasteiger partial charge in [0.15, 0.2) is 0 Å². The summed E-state index contributed by atoms with van der Waals surface area (Å²) >= 11 is 5.90. The van der Waals surface area contributed by atoms with Crippen molar-refractivity contribution in [1.29, 1.82) is 0 Å². The molecule has 2 N–H and O–H groups in total. The Balaban J connectivity index is 2.96. The third-order valence-corrected chi connectivity index (χ3v) is 4.28. The molecule has 0 spiro atoms. The van der Waals surface area contributed by atoms with Crippen LogP contribution in [0.25, 0.3) is 0 Å². The summed E-state index contributed by atoms with van der Waals surface area (Å²) in [4.78, 5) is 10.9. The number of hydrogen-bond donors (Lipinski definition) is 2. The Morgan fingerprint density at radius 1 is 1.47 bits per heavy atom. The maximum absolute atomic E-state index is 12.1. The monoisotopic (exact) mass is 303 g/mol. The fraction of sp³-hybridized carbons (Fsp3) is 0.462. The second-order valence-electron chi connectivity index (χ2n) is 5.20. The van der Waals surface area contributed by atoms with Gasteiger partial charge >= 0.3 is 5.97 Å². The zero-order valence-electron chi connectivity index (χ0n) is 11.1. The lowest BCUT2D eigenvalue weighted by Crippen LogP contribution is -2.36. The predicted molar refractivity (Wildman–Crippen MR) is 77.5 cm³/mol. The van der Waals surface area contributed by atoms with E-state index >= 15 is 0 Å². The molecule has 0 aliphatic heterocycles. The van der Waals surface area contributed by atoms with Crippen molar-refractivity contribution < 1.29 is 14.1 Å². The molecule has 0 fully saturated rings. The van der Waals surface area contributed by atoms with Gasteiger partial charge in [0, 0.05) is 5.02 Å². The molecule has 0 aliphatic rings. The molecule has 0 saturated carbocycles. The quantitative estimate of drug-likeness (QED) is 0.879. The second-order valence-corrected chi connectivity index (χ2v) is 7.64. The van der Waals surface area contributed by atoms with E-state index in [1.165, 1.54) is 0 Å². The van der Waals surface area contributed by atoms with Gasteiger partial charge in [-0.1, -0.05) is 23.7 Å². The van der Waals surface area contributed by atoms with Gasteiger partial charge in [-0.2, -0.15) is 0 Å². The summed E-state index contributed by atoms with van der Waals surface area (Å²) in [5.41, 5.74) is 0.715. The molecule has 2 atom stereocenters. The number of hydrogen-bond acceptors (Lipinski definition) is 2. The molecule has 1 aromatic carbocycles. The molecule has 0 saturated heterocycles. The summed E-state index contributed by atoms with van der Waals surface area (Å²) in [6.07, 6.45) is -0.151. The van der Waals surface area contributed by atoms with E-state index in [1.807, 2.05) is 20.8 Å². The third kappa shape index (κ3) is 5.30. The van der Waals surface area contributed by atoms with Crippen LogP contribution in [0.4, 0.5) is 0 Å². The van der Waals surface area contributed by atoms with Crippen molar-refractivity contribution in [3.63, 3.8) is 0 Å². The van der Waals surface area contributed by atoms with Crippen LogP contribution >= 0.6 is 11.6 Å². The van der Waals surface area contributed by atoms with E-state index in [9.17, 15) is 9.00 Å². The maximum atomic E-state index is 12.1. The smallest absolute Gasteiger partial charge is 0.305 e. The molecule has 0 aromatic heterocycles. The first kappa shape index (κ1) is 16.1. The zero-order chi connectivity index (χ0) is 14.6. The van der Waals surface area contributed by atoms with E-state index < -0.39 is 27.7 Å². The number of aliphatic carboxylic acids is 1. The molecule has 0 heterocycles. The highest BCUT2D eigenvalue weighted by Crippen LogP contribution is 2.23. The maximum Gasteiger partial charge on any atom is 0.305 e. The van der Waals surface area contributed by atoms with Gasteiger partial charge < -0.3 is 5.11 Å². The zero-order valence-corrected chi connectivity index (χ0v) is 12.7. The van der Waals surface area contributed by atoms with Crippen LogP contribution < -0.4 is 4.72 Å². The van der Waals surface area contributed by atoms with E-state index in [0.29, 0.717) is 10.6 Å². The minimum absolute atomic E-state index is 0.151. The first-order valence-electron chi connectivity index (χ1n) is 5.85. The number of carboxylic acids is 1. The van der Waals surface area contributed by atoms with Gasteiger partial charge in [0.05, 0.1) is 28.2 Å². The number of nitrogens with one attached hydrogen (secondary N) is 1. The Kier molecular flexibility index (Phi) is 5.52. The summed E-state index contributed by atoms with van der Waals surface area (Å²) in [6, 6.07) is 6.38. The number of benzene rings is 1. The van der Waals surface area contributed by atoms with E-state index in [4.69, 9.17) is 16.7 Å². The second kappa shape index (κ2) is 6.50. The molecule has 6 heteroatoms. The lowest BCUT2D eigenvalue weighted by Gasteiger charge is -2.23. The number of halogens is 1. The topological polar surface area (TPSA) is 66.4 Å². The van der Waals surface area contributed by atoms with Gasteiger partial charge in [-0.3, -0.25) is 4.79 Å². The molecule has 0 bridgehead atoms. The third-order valence-electron chi connectivity index (χ3n) is 2.44. The molecule has 0 amide bonds. The summed E-state index contributed by atoms with van der Waals surface area (Å²) in [5, 5.41) is 9.48. The van der Waals surface area contributed by atoms with Crippen LogP contribution in [0.3, 0.4) is 0 Å². The van der Waals surface area contributed by atoms with Gasteiger partial charge in [-0.25, -0.2) is 8.93 Å². The number of carbonyl (C=O) groups is 1. The van der Waals surface area contributed by atoms with Gasteiger partial charge in [0.2, 0.25) is 0 Å². The molecule has 0 radical (unpaired) electrons. The highest BCUT2D eigenvalue weighted by molar-refractivity contribution is 7.84. The first-order valence-corrected chi connectivity index (χ1v) is 7.38. The van der Waals surface area contributed by atoms with Crippen molar-refractivity contribution in [2.24, 2.45) is 0 Å². The van der Waals surface area contributed by atoms with Crippen LogP contribution in [-0.2, 0) is 15.8 Å². The van der Waals surface area contributed by atoms with Crippen LogP contribution in [-0.4, -0.2) is 20.0 Å². The fourth-order valence-corrected chi connectivity index (χ4v) is 2.46. The molecule has 1 rings (SSSR count). The molecule has 4 nitrogen and oxygen atoms in total. The normalized spacial score (nSPS) is 14.9. The van der Waals surface area contributed by atoms with Crippen molar-refractivity contribution in [1.82, 2.24) is 4.72 Å². The largest absolute Gasteiger partial charge is 0.481 e. The molecule has 0 aliphatic carbocycles. The summed E-state index contributed by atoms with van der Waals surface area (Å²) < 4.78 is 14.5.